The first-order valence-corrected chi connectivity index (χ1v) is 5.33. The summed E-state index contributed by atoms with van der Waals surface area (Å²) in [4.78, 5) is 10.9. The Kier molecular flexibility index (Phi) is 7.44. The molecule has 0 fully saturated rings. The lowest BCUT2D eigenvalue weighted by Gasteiger charge is -2.13. The molecule has 0 aliphatic heterocycles. The van der Waals surface area contributed by atoms with Gasteiger partial charge in [0.05, 0.1) is 6.61 Å². The van der Waals surface area contributed by atoms with E-state index in [1.807, 2.05) is 0 Å². The largest absolute Gasteiger partial charge is 0.462 e. The molecule has 0 radical (unpaired) electrons. The first-order chi connectivity index (χ1) is 6.48. The molecule has 0 heterocycles. The maximum Gasteiger partial charge on any atom is 0.359 e. The third-order valence-electron chi connectivity index (χ3n) is 1.56. The van der Waals surface area contributed by atoms with Gasteiger partial charge in [-0.25, -0.2) is 4.79 Å². The summed E-state index contributed by atoms with van der Waals surface area (Å²) >= 11 is 7.04. The number of esters is 1. The number of rotatable bonds is 7. The Morgan fingerprint density at radius 2 is 1.79 bits per heavy atom. The van der Waals surface area contributed by atoms with E-state index in [1.54, 1.807) is 0 Å². The molecule has 0 aromatic heterocycles. The van der Waals surface area contributed by atoms with Gasteiger partial charge in [-0.15, -0.1) is 25.3 Å². The monoisotopic (exact) mass is 240 g/mol. The maximum atomic E-state index is 10.9. The average molecular weight is 240 g/mol. The van der Waals surface area contributed by atoms with Crippen LogP contribution in [-0.4, -0.2) is 33.7 Å². The minimum atomic E-state index is -2.01. The van der Waals surface area contributed by atoms with Crippen molar-refractivity contribution in [3.05, 3.63) is 0 Å². The van der Waals surface area contributed by atoms with Crippen LogP contribution in [0.2, 0.25) is 0 Å². The van der Waals surface area contributed by atoms with Gasteiger partial charge in [-0.3, -0.25) is 0 Å². The van der Waals surface area contributed by atoms with Gasteiger partial charge in [0.15, 0.2) is 0 Å². The molecule has 14 heavy (non-hydrogen) atoms. The zero-order chi connectivity index (χ0) is 11.0. The molecule has 0 atom stereocenters. The van der Waals surface area contributed by atoms with Crippen LogP contribution in [0.15, 0.2) is 0 Å². The predicted octanol–water partition coefficient (Wildman–Crippen LogP) is 0.588. The van der Waals surface area contributed by atoms with Crippen molar-refractivity contribution in [3.63, 3.8) is 0 Å². The highest BCUT2D eigenvalue weighted by Crippen LogP contribution is 2.16. The van der Waals surface area contributed by atoms with Gasteiger partial charge in [0.2, 0.25) is 0 Å². The number of hydrogen-bond donors (Lipinski definition) is 4. The second kappa shape index (κ2) is 7.39. The number of unbranched alkanes of at least 4 members (excludes halogenated alkanes) is 3. The minimum absolute atomic E-state index is 0.187. The van der Waals surface area contributed by atoms with Gasteiger partial charge in [-0.1, -0.05) is 6.42 Å². The fourth-order valence-corrected chi connectivity index (χ4v) is 0.958. The number of aliphatic hydroxyl groups excluding tert-OH is 1. The quantitative estimate of drug-likeness (QED) is 0.227. The van der Waals surface area contributed by atoms with E-state index in [0.29, 0.717) is 6.42 Å². The van der Waals surface area contributed by atoms with Gasteiger partial charge in [0, 0.05) is 6.61 Å². The van der Waals surface area contributed by atoms with E-state index in [9.17, 15) is 4.79 Å². The van der Waals surface area contributed by atoms with E-state index in [2.05, 4.69) is 30.0 Å². The predicted molar refractivity (Wildman–Crippen MR) is 59.4 cm³/mol. The molecule has 0 aromatic rings. The highest BCUT2D eigenvalue weighted by Gasteiger charge is 2.28. The molecule has 0 aliphatic rings. The fraction of sp³-hybridized carbons (Fsp3) is 0.875. The smallest absolute Gasteiger partial charge is 0.359 e. The molecule has 2 N–H and O–H groups in total. The lowest BCUT2D eigenvalue weighted by Crippen LogP contribution is -2.28. The summed E-state index contributed by atoms with van der Waals surface area (Å²) < 4.78 is 2.67. The summed E-state index contributed by atoms with van der Waals surface area (Å²) in [7, 11) is 0. The molecule has 0 aliphatic carbocycles. The van der Waals surface area contributed by atoms with Gasteiger partial charge >= 0.3 is 5.97 Å². The Balaban J connectivity index is 3.33. The molecule has 0 unspecified atom stereocenters. The number of carbonyl (C=O) groups excluding carboxylic acids is 1. The minimum Gasteiger partial charge on any atom is -0.462 e. The van der Waals surface area contributed by atoms with Crippen LogP contribution in [0.4, 0.5) is 0 Å². The Morgan fingerprint density at radius 1 is 1.21 bits per heavy atom. The van der Waals surface area contributed by atoms with Crippen LogP contribution >= 0.6 is 25.3 Å². The van der Waals surface area contributed by atoms with Crippen LogP contribution < -0.4 is 0 Å². The zero-order valence-corrected chi connectivity index (χ0v) is 9.64. The normalized spacial score (nSPS) is 11.4. The second-order valence-corrected chi connectivity index (χ2v) is 4.56. The van der Waals surface area contributed by atoms with Crippen LogP contribution in [0.1, 0.15) is 25.7 Å². The Labute approximate surface area is 94.5 Å². The first kappa shape index (κ1) is 14.1. The Hall–Kier alpha value is 0.0900. The van der Waals surface area contributed by atoms with Crippen molar-refractivity contribution < 1.29 is 19.7 Å². The SMILES string of the molecule is O=C(OCCCCCCO)C(O)(S)S. The third-order valence-corrected chi connectivity index (χ3v) is 1.92. The number of carbonyl (C=O) groups is 1. The standard InChI is InChI=1S/C8H16O4S2/c9-5-3-1-2-4-6-12-7(10)8(11,13)14/h9,11,13-14H,1-6H2. The van der Waals surface area contributed by atoms with Crippen molar-refractivity contribution in [1.82, 2.24) is 0 Å². The molecular formula is C8H16O4S2. The lowest BCUT2D eigenvalue weighted by molar-refractivity contribution is -0.150. The molecule has 0 aromatic carbocycles. The van der Waals surface area contributed by atoms with E-state index in [-0.39, 0.29) is 13.2 Å². The van der Waals surface area contributed by atoms with Crippen LogP contribution in [0.5, 0.6) is 0 Å². The van der Waals surface area contributed by atoms with Crippen LogP contribution in [0, 0.1) is 0 Å². The maximum absolute atomic E-state index is 10.9. The van der Waals surface area contributed by atoms with E-state index in [4.69, 9.17) is 10.2 Å². The molecule has 0 bridgehead atoms. The summed E-state index contributed by atoms with van der Waals surface area (Å²) in [5.41, 5.74) is 0. The molecule has 0 saturated heterocycles. The van der Waals surface area contributed by atoms with E-state index in [0.717, 1.165) is 19.3 Å². The Bertz CT molecular complexity index is 167. The number of aliphatic hydroxyl groups is 2. The summed E-state index contributed by atoms with van der Waals surface area (Å²) in [6, 6.07) is 0. The van der Waals surface area contributed by atoms with E-state index < -0.39 is 10.2 Å². The van der Waals surface area contributed by atoms with Gasteiger partial charge in [-0.05, 0) is 19.3 Å². The highest BCUT2D eigenvalue weighted by atomic mass is 32.2. The van der Waals surface area contributed by atoms with Gasteiger partial charge in [0.1, 0.15) is 0 Å². The number of hydrogen-bond acceptors (Lipinski definition) is 6. The van der Waals surface area contributed by atoms with Crippen LogP contribution in [0.3, 0.4) is 0 Å². The van der Waals surface area contributed by atoms with Crippen molar-refractivity contribution in [2.75, 3.05) is 13.2 Å². The van der Waals surface area contributed by atoms with Gasteiger partial charge in [-0.2, -0.15) is 0 Å². The number of ether oxygens (including phenoxy) is 1. The molecule has 0 spiro atoms. The lowest BCUT2D eigenvalue weighted by atomic mass is 10.2. The Morgan fingerprint density at radius 3 is 2.29 bits per heavy atom. The van der Waals surface area contributed by atoms with Crippen LogP contribution in [0.25, 0.3) is 0 Å². The van der Waals surface area contributed by atoms with Crippen molar-refractivity contribution in [3.8, 4) is 0 Å². The topological polar surface area (TPSA) is 66.8 Å². The van der Waals surface area contributed by atoms with E-state index >= 15 is 0 Å². The van der Waals surface area contributed by atoms with Gasteiger partial charge in [0.25, 0.3) is 4.27 Å². The molecular weight excluding hydrogens is 224 g/mol. The average Bonchev–Trinajstić information content (AvgIpc) is 2.09. The third kappa shape index (κ3) is 7.49. The summed E-state index contributed by atoms with van der Waals surface area (Å²) in [6.45, 7) is 0.431. The van der Waals surface area contributed by atoms with Crippen molar-refractivity contribution in [1.29, 1.82) is 0 Å². The van der Waals surface area contributed by atoms with Crippen molar-refractivity contribution in [2.45, 2.75) is 29.9 Å². The molecule has 0 saturated carbocycles. The van der Waals surface area contributed by atoms with Crippen molar-refractivity contribution >= 4 is 31.2 Å². The molecule has 84 valence electrons. The second-order valence-electron chi connectivity index (χ2n) is 2.91. The molecule has 4 nitrogen and oxygen atoms in total. The summed E-state index contributed by atoms with van der Waals surface area (Å²) in [6.07, 6.45) is 3.26. The molecule has 6 heteroatoms. The first-order valence-electron chi connectivity index (χ1n) is 4.43. The van der Waals surface area contributed by atoms with Gasteiger partial charge < -0.3 is 14.9 Å². The highest BCUT2D eigenvalue weighted by molar-refractivity contribution is 8.01. The number of thiol groups is 2. The van der Waals surface area contributed by atoms with E-state index in [1.165, 1.54) is 0 Å². The molecule has 0 amide bonds. The fourth-order valence-electron chi connectivity index (χ4n) is 0.829. The summed E-state index contributed by atoms with van der Waals surface area (Å²) in [5, 5.41) is 17.4. The molecule has 0 rings (SSSR count). The zero-order valence-electron chi connectivity index (χ0n) is 7.85. The van der Waals surface area contributed by atoms with Crippen LogP contribution in [-0.2, 0) is 9.53 Å². The van der Waals surface area contributed by atoms with Crippen molar-refractivity contribution in [2.24, 2.45) is 0 Å². The summed E-state index contributed by atoms with van der Waals surface area (Å²) in [5.74, 6) is -0.855.